The van der Waals surface area contributed by atoms with Gasteiger partial charge in [0.15, 0.2) is 11.5 Å². The third-order valence-electron chi connectivity index (χ3n) is 6.10. The Bertz CT molecular complexity index is 1380. The van der Waals surface area contributed by atoms with Gasteiger partial charge in [-0.2, -0.15) is 0 Å². The zero-order valence-electron chi connectivity index (χ0n) is 21.7. The number of hydrogen-bond donors (Lipinski definition) is 1. The number of aryl methyl sites for hydroxylation is 1. The summed E-state index contributed by atoms with van der Waals surface area (Å²) in [4.78, 5) is 17.7. The van der Waals surface area contributed by atoms with Crippen LogP contribution in [0.4, 0.5) is 0 Å². The fraction of sp³-hybridized carbons (Fsp3) is 0.267. The molecule has 1 atom stereocenters. The van der Waals surface area contributed by atoms with Crippen molar-refractivity contribution in [1.82, 2.24) is 14.9 Å². The van der Waals surface area contributed by atoms with E-state index >= 15 is 0 Å². The van der Waals surface area contributed by atoms with Gasteiger partial charge in [0, 0.05) is 12.1 Å². The predicted octanol–water partition coefficient (Wildman–Crippen LogP) is 6.05. The first-order valence-corrected chi connectivity index (χ1v) is 12.4. The van der Waals surface area contributed by atoms with Crippen LogP contribution in [0.15, 0.2) is 72.8 Å². The van der Waals surface area contributed by atoms with Crippen molar-refractivity contribution in [1.29, 1.82) is 0 Å². The van der Waals surface area contributed by atoms with Gasteiger partial charge in [0.05, 0.1) is 37.9 Å². The molecule has 0 bridgehead atoms. The topological polar surface area (TPSA) is 74.6 Å². The number of amides is 1. The molecule has 3 aromatic carbocycles. The van der Waals surface area contributed by atoms with Crippen LogP contribution in [0.5, 0.6) is 17.2 Å². The van der Waals surface area contributed by atoms with Gasteiger partial charge in [-0.05, 0) is 74.4 Å². The Morgan fingerprint density at radius 1 is 1.03 bits per heavy atom. The van der Waals surface area contributed by atoms with Gasteiger partial charge in [0.1, 0.15) is 11.6 Å². The van der Waals surface area contributed by atoms with E-state index in [1.165, 1.54) is 0 Å². The van der Waals surface area contributed by atoms with Crippen LogP contribution in [-0.2, 0) is 6.54 Å². The number of methoxy groups -OCH3 is 2. The van der Waals surface area contributed by atoms with Crippen LogP contribution in [0.25, 0.3) is 17.1 Å². The van der Waals surface area contributed by atoms with Crippen LogP contribution in [0.1, 0.15) is 48.1 Å². The molecule has 192 valence electrons. The van der Waals surface area contributed by atoms with E-state index in [9.17, 15) is 4.79 Å². The lowest BCUT2D eigenvalue weighted by Crippen LogP contribution is -2.28. The molecule has 1 amide bonds. The molecule has 1 unspecified atom stereocenters. The van der Waals surface area contributed by atoms with Crippen molar-refractivity contribution in [3.63, 3.8) is 0 Å². The minimum Gasteiger partial charge on any atom is -0.497 e. The van der Waals surface area contributed by atoms with Crippen LogP contribution in [0.3, 0.4) is 0 Å². The van der Waals surface area contributed by atoms with Crippen molar-refractivity contribution in [2.75, 3.05) is 20.8 Å². The number of benzene rings is 3. The van der Waals surface area contributed by atoms with Crippen molar-refractivity contribution in [3.05, 3.63) is 89.8 Å². The number of carbonyl (C=O) groups is 1. The second-order valence-electron chi connectivity index (χ2n) is 8.65. The summed E-state index contributed by atoms with van der Waals surface area (Å²) < 4.78 is 18.9. The normalized spacial score (nSPS) is 12.0. The summed E-state index contributed by atoms with van der Waals surface area (Å²) in [5.41, 5.74) is 3.55. The molecule has 0 saturated carbocycles. The maximum atomic E-state index is 12.9. The van der Waals surface area contributed by atoms with Gasteiger partial charge in [-0.25, -0.2) is 4.98 Å². The Labute approximate surface area is 217 Å². The lowest BCUT2D eigenvalue weighted by Gasteiger charge is -2.17. The van der Waals surface area contributed by atoms with Crippen molar-refractivity contribution in [3.8, 4) is 17.2 Å². The molecule has 1 heterocycles. The van der Waals surface area contributed by atoms with E-state index in [2.05, 4.69) is 9.88 Å². The van der Waals surface area contributed by atoms with E-state index in [0.29, 0.717) is 36.0 Å². The summed E-state index contributed by atoms with van der Waals surface area (Å²) in [5, 5.41) is 3.08. The molecule has 0 saturated heterocycles. The fourth-order valence-corrected chi connectivity index (χ4v) is 4.25. The molecule has 7 nitrogen and oxygen atoms in total. The number of para-hydroxylation sites is 2. The monoisotopic (exact) mass is 499 g/mol. The number of imidazole rings is 1. The largest absolute Gasteiger partial charge is 0.497 e. The molecule has 0 aliphatic rings. The molecule has 4 aromatic rings. The summed E-state index contributed by atoms with van der Waals surface area (Å²) in [6, 6.07) is 20.7. The Balaban J connectivity index is 1.46. The summed E-state index contributed by atoms with van der Waals surface area (Å²) >= 11 is 0. The van der Waals surface area contributed by atoms with Gasteiger partial charge in [-0.15, -0.1) is 0 Å². The smallest absolute Gasteiger partial charge is 0.251 e. The van der Waals surface area contributed by atoms with Gasteiger partial charge in [-0.1, -0.05) is 30.4 Å². The van der Waals surface area contributed by atoms with E-state index in [1.54, 1.807) is 38.5 Å². The van der Waals surface area contributed by atoms with Gasteiger partial charge in [-0.3, -0.25) is 4.79 Å². The maximum Gasteiger partial charge on any atom is 0.251 e. The van der Waals surface area contributed by atoms with Gasteiger partial charge in [0.2, 0.25) is 0 Å². The third kappa shape index (κ3) is 6.12. The molecule has 0 aliphatic heterocycles. The molecular weight excluding hydrogens is 466 g/mol. The summed E-state index contributed by atoms with van der Waals surface area (Å²) in [5.74, 6) is 2.77. The first kappa shape index (κ1) is 25.8. The average Bonchev–Trinajstić information content (AvgIpc) is 3.30. The zero-order valence-corrected chi connectivity index (χ0v) is 21.7. The van der Waals surface area contributed by atoms with Gasteiger partial charge < -0.3 is 24.1 Å². The molecule has 1 aromatic heterocycles. The van der Waals surface area contributed by atoms with Crippen LogP contribution < -0.4 is 19.5 Å². The second kappa shape index (κ2) is 12.1. The highest BCUT2D eigenvalue weighted by Gasteiger charge is 2.19. The Morgan fingerprint density at radius 2 is 1.81 bits per heavy atom. The summed E-state index contributed by atoms with van der Waals surface area (Å²) in [6.07, 6.45) is 4.77. The standard InChI is InChI=1S/C30H33N3O4/c1-5-9-22-12-17-27(28(20-22)36-4)37-19-8-18-33-26-11-7-6-10-25(26)32-29(33)21(2)31-30(34)23-13-15-24(35-3)16-14-23/h5-7,9-17,20-21H,8,18-19H2,1-4H3,(H,31,34)/b9-5+. The lowest BCUT2D eigenvalue weighted by molar-refractivity contribution is 0.0937. The number of allylic oxidation sites excluding steroid dienone is 1. The third-order valence-corrected chi connectivity index (χ3v) is 6.10. The average molecular weight is 500 g/mol. The summed E-state index contributed by atoms with van der Waals surface area (Å²) in [6.45, 7) is 5.14. The van der Waals surface area contributed by atoms with E-state index in [1.807, 2.05) is 68.5 Å². The Hall–Kier alpha value is -4.26. The number of rotatable bonds is 11. The Morgan fingerprint density at radius 3 is 2.54 bits per heavy atom. The van der Waals surface area contributed by atoms with E-state index in [-0.39, 0.29) is 11.9 Å². The molecule has 37 heavy (non-hydrogen) atoms. The van der Waals surface area contributed by atoms with Crippen molar-refractivity contribution < 1.29 is 19.0 Å². The first-order chi connectivity index (χ1) is 18.0. The maximum absolute atomic E-state index is 12.9. The number of fused-ring (bicyclic) bond motifs is 1. The first-order valence-electron chi connectivity index (χ1n) is 12.4. The van der Waals surface area contributed by atoms with Gasteiger partial charge in [0.25, 0.3) is 5.91 Å². The molecule has 1 N–H and O–H groups in total. The molecule has 0 radical (unpaired) electrons. The van der Waals surface area contributed by atoms with Crippen molar-refractivity contribution in [2.45, 2.75) is 32.9 Å². The molecule has 0 aliphatic carbocycles. The summed E-state index contributed by atoms with van der Waals surface area (Å²) in [7, 11) is 3.25. The van der Waals surface area contributed by atoms with Crippen molar-refractivity contribution >= 4 is 23.0 Å². The van der Waals surface area contributed by atoms with E-state index in [4.69, 9.17) is 19.2 Å². The van der Waals surface area contributed by atoms with Gasteiger partial charge >= 0.3 is 0 Å². The van der Waals surface area contributed by atoms with E-state index in [0.717, 1.165) is 28.8 Å². The van der Waals surface area contributed by atoms with Crippen LogP contribution >= 0.6 is 0 Å². The number of carbonyl (C=O) groups excluding carboxylic acids is 1. The number of hydrogen-bond acceptors (Lipinski definition) is 5. The quantitative estimate of drug-likeness (QED) is 0.254. The molecule has 7 heteroatoms. The number of ether oxygens (including phenoxy) is 3. The van der Waals surface area contributed by atoms with Crippen molar-refractivity contribution in [2.24, 2.45) is 0 Å². The number of aromatic nitrogens is 2. The SMILES string of the molecule is C/C=C/c1ccc(OCCCn2c(C(C)NC(=O)c3ccc(OC)cc3)nc3ccccc32)c(OC)c1. The van der Waals surface area contributed by atoms with E-state index < -0.39 is 0 Å². The molecule has 0 spiro atoms. The zero-order chi connectivity index (χ0) is 26.2. The Kier molecular flexibility index (Phi) is 8.46. The number of nitrogens with zero attached hydrogens (tertiary/aromatic N) is 2. The molecule has 0 fully saturated rings. The highest BCUT2D eigenvalue weighted by Crippen LogP contribution is 2.29. The highest BCUT2D eigenvalue weighted by molar-refractivity contribution is 5.94. The number of nitrogens with one attached hydrogen (secondary N) is 1. The minimum absolute atomic E-state index is 0.162. The highest BCUT2D eigenvalue weighted by atomic mass is 16.5. The van der Waals surface area contributed by atoms with Crippen LogP contribution in [-0.4, -0.2) is 36.3 Å². The second-order valence-corrected chi connectivity index (χ2v) is 8.65. The predicted molar refractivity (Wildman–Crippen MR) is 146 cm³/mol. The fourth-order valence-electron chi connectivity index (χ4n) is 4.25. The molecule has 4 rings (SSSR count). The van der Waals surface area contributed by atoms with Crippen LogP contribution in [0, 0.1) is 0 Å². The molecular formula is C30H33N3O4. The minimum atomic E-state index is -0.290. The lowest BCUT2D eigenvalue weighted by atomic mass is 10.2. The van der Waals surface area contributed by atoms with Crippen LogP contribution in [0.2, 0.25) is 0 Å².